The number of hydrogen-bond acceptors (Lipinski definition) is 4. The Morgan fingerprint density at radius 2 is 2.21 bits per heavy atom. The van der Waals surface area contributed by atoms with Gasteiger partial charge < -0.3 is 5.73 Å². The first-order valence-corrected chi connectivity index (χ1v) is 7.82. The van der Waals surface area contributed by atoms with Gasteiger partial charge >= 0.3 is 0 Å². The number of hydrogen-bond donors (Lipinski definition) is 1. The molecule has 1 aliphatic rings. The average Bonchev–Trinajstić information content (AvgIpc) is 2.73. The van der Waals surface area contributed by atoms with Gasteiger partial charge in [0.15, 0.2) is 5.13 Å². The molecule has 1 saturated heterocycles. The molecule has 1 aromatic heterocycles. The maximum Gasteiger partial charge on any atom is 0.181 e. The Balaban J connectivity index is 1.80. The summed E-state index contributed by atoms with van der Waals surface area (Å²) < 4.78 is 1.20. The lowest BCUT2D eigenvalue weighted by Gasteiger charge is -2.36. The number of nitrogens with zero attached hydrogens (tertiary/aromatic N) is 2. The van der Waals surface area contributed by atoms with Crippen molar-refractivity contribution < 1.29 is 0 Å². The fourth-order valence-corrected chi connectivity index (χ4v) is 3.72. The first-order chi connectivity index (χ1) is 9.11. The molecule has 0 radical (unpaired) electrons. The highest BCUT2D eigenvalue weighted by atomic mass is 32.1. The van der Waals surface area contributed by atoms with E-state index in [1.807, 2.05) is 0 Å². The Labute approximate surface area is 118 Å². The third kappa shape index (κ3) is 2.74. The van der Waals surface area contributed by atoms with Gasteiger partial charge in [-0.25, -0.2) is 4.98 Å². The molecule has 0 amide bonds. The second kappa shape index (κ2) is 5.10. The minimum Gasteiger partial charge on any atom is -0.375 e. The summed E-state index contributed by atoms with van der Waals surface area (Å²) in [5.74, 6) is 0.819. The number of nitrogen functional groups attached to an aromatic ring is 1. The Morgan fingerprint density at radius 1 is 1.37 bits per heavy atom. The van der Waals surface area contributed by atoms with Crippen LogP contribution in [0.15, 0.2) is 18.2 Å². The van der Waals surface area contributed by atoms with Crippen molar-refractivity contribution in [2.75, 3.05) is 12.3 Å². The van der Waals surface area contributed by atoms with Crippen LogP contribution in [0, 0.1) is 5.92 Å². The number of piperidine rings is 1. The number of benzene rings is 1. The highest BCUT2D eigenvalue weighted by molar-refractivity contribution is 7.22. The van der Waals surface area contributed by atoms with Gasteiger partial charge in [0.2, 0.25) is 0 Å². The van der Waals surface area contributed by atoms with Crippen LogP contribution in [0.1, 0.15) is 32.3 Å². The quantitative estimate of drug-likeness (QED) is 0.912. The topological polar surface area (TPSA) is 42.2 Å². The van der Waals surface area contributed by atoms with Gasteiger partial charge in [-0.2, -0.15) is 0 Å². The van der Waals surface area contributed by atoms with Gasteiger partial charge in [0, 0.05) is 19.1 Å². The molecule has 2 aromatic rings. The van der Waals surface area contributed by atoms with Crippen molar-refractivity contribution in [2.45, 2.75) is 39.3 Å². The van der Waals surface area contributed by atoms with Crippen LogP contribution in [-0.4, -0.2) is 22.5 Å². The maximum absolute atomic E-state index is 5.76. The molecule has 2 atom stereocenters. The maximum atomic E-state index is 5.76. The predicted octanol–water partition coefficient (Wildman–Crippen LogP) is 3.50. The van der Waals surface area contributed by atoms with E-state index in [1.54, 1.807) is 11.3 Å². The number of likely N-dealkylation sites (tertiary alicyclic amines) is 1. The molecule has 3 nitrogen and oxygen atoms in total. The third-order valence-corrected chi connectivity index (χ3v) is 4.95. The normalized spacial score (nSPS) is 24.9. The molecule has 0 bridgehead atoms. The first kappa shape index (κ1) is 12.9. The van der Waals surface area contributed by atoms with Crippen LogP contribution in [0.2, 0.25) is 0 Å². The molecule has 2 unspecified atom stereocenters. The molecule has 0 saturated carbocycles. The summed E-state index contributed by atoms with van der Waals surface area (Å²) in [6.45, 7) is 6.95. The molecule has 19 heavy (non-hydrogen) atoms. The molecule has 3 rings (SSSR count). The van der Waals surface area contributed by atoms with Gasteiger partial charge in [-0.15, -0.1) is 0 Å². The Bertz CT molecular complexity index is 578. The fraction of sp³-hybridized carbons (Fsp3) is 0.533. The zero-order valence-corrected chi connectivity index (χ0v) is 12.4. The molecule has 1 aliphatic heterocycles. The van der Waals surface area contributed by atoms with Crippen LogP contribution in [0.25, 0.3) is 10.2 Å². The molecule has 1 aromatic carbocycles. The van der Waals surface area contributed by atoms with E-state index in [0.29, 0.717) is 11.2 Å². The number of rotatable bonds is 2. The van der Waals surface area contributed by atoms with E-state index in [9.17, 15) is 0 Å². The van der Waals surface area contributed by atoms with Gasteiger partial charge in [-0.1, -0.05) is 24.3 Å². The standard InChI is InChI=1S/C15H21N3S/c1-10-3-4-11(2)18(8-10)9-12-5-6-13-14(7-12)19-15(16)17-13/h5-7,10-11H,3-4,8-9H2,1-2H3,(H2,16,17). The summed E-state index contributed by atoms with van der Waals surface area (Å²) in [6, 6.07) is 7.22. The van der Waals surface area contributed by atoms with Crippen molar-refractivity contribution in [3.63, 3.8) is 0 Å². The lowest BCUT2D eigenvalue weighted by molar-refractivity contribution is 0.117. The number of aromatic nitrogens is 1. The van der Waals surface area contributed by atoms with Crippen LogP contribution >= 0.6 is 11.3 Å². The largest absolute Gasteiger partial charge is 0.375 e. The summed E-state index contributed by atoms with van der Waals surface area (Å²) in [6.07, 6.45) is 2.68. The minimum atomic E-state index is 0.659. The third-order valence-electron chi connectivity index (χ3n) is 4.10. The summed E-state index contributed by atoms with van der Waals surface area (Å²) >= 11 is 1.58. The van der Waals surface area contributed by atoms with E-state index >= 15 is 0 Å². The molecule has 2 heterocycles. The molecular formula is C15H21N3S. The van der Waals surface area contributed by atoms with Crippen LogP contribution in [0.5, 0.6) is 0 Å². The SMILES string of the molecule is CC1CCC(C)N(Cc2ccc3nc(N)sc3c2)C1. The van der Waals surface area contributed by atoms with E-state index in [-0.39, 0.29) is 0 Å². The predicted molar refractivity (Wildman–Crippen MR) is 82.3 cm³/mol. The lowest BCUT2D eigenvalue weighted by Crippen LogP contribution is -2.40. The van der Waals surface area contributed by atoms with Crippen molar-refractivity contribution in [1.82, 2.24) is 9.88 Å². The number of nitrogens with two attached hydrogens (primary N) is 1. The van der Waals surface area contributed by atoms with Crippen LogP contribution < -0.4 is 5.73 Å². The molecule has 4 heteroatoms. The lowest BCUT2D eigenvalue weighted by atomic mass is 9.94. The highest BCUT2D eigenvalue weighted by Crippen LogP contribution is 2.27. The summed E-state index contributed by atoms with van der Waals surface area (Å²) in [7, 11) is 0. The van der Waals surface area contributed by atoms with Gasteiger partial charge in [-0.3, -0.25) is 4.90 Å². The van der Waals surface area contributed by atoms with Crippen molar-refractivity contribution in [3.05, 3.63) is 23.8 Å². The van der Waals surface area contributed by atoms with Crippen LogP contribution in [0.4, 0.5) is 5.13 Å². The molecule has 0 spiro atoms. The molecule has 1 fully saturated rings. The summed E-state index contributed by atoms with van der Waals surface area (Å²) in [5, 5.41) is 0.659. The van der Waals surface area contributed by atoms with Crippen LogP contribution in [0.3, 0.4) is 0 Å². The van der Waals surface area contributed by atoms with E-state index in [1.165, 1.54) is 29.6 Å². The Hall–Kier alpha value is -1.13. The van der Waals surface area contributed by atoms with Crippen molar-refractivity contribution >= 4 is 26.7 Å². The van der Waals surface area contributed by atoms with Crippen molar-refractivity contribution in [1.29, 1.82) is 0 Å². The number of fused-ring (bicyclic) bond motifs is 1. The Morgan fingerprint density at radius 3 is 3.05 bits per heavy atom. The van der Waals surface area contributed by atoms with Crippen molar-refractivity contribution in [2.24, 2.45) is 5.92 Å². The van der Waals surface area contributed by atoms with Crippen LogP contribution in [-0.2, 0) is 6.54 Å². The van der Waals surface area contributed by atoms with E-state index < -0.39 is 0 Å². The zero-order chi connectivity index (χ0) is 13.4. The van der Waals surface area contributed by atoms with Gasteiger partial charge in [0.05, 0.1) is 10.2 Å². The fourth-order valence-electron chi connectivity index (χ4n) is 2.92. The average molecular weight is 275 g/mol. The molecule has 2 N–H and O–H groups in total. The van der Waals surface area contributed by atoms with Gasteiger partial charge in [-0.05, 0) is 43.4 Å². The van der Waals surface area contributed by atoms with E-state index in [2.05, 4.69) is 41.9 Å². The van der Waals surface area contributed by atoms with E-state index in [4.69, 9.17) is 5.73 Å². The number of anilines is 1. The molecule has 102 valence electrons. The van der Waals surface area contributed by atoms with E-state index in [0.717, 1.165) is 18.0 Å². The second-order valence-corrected chi connectivity index (χ2v) is 6.88. The number of thiazole rings is 1. The van der Waals surface area contributed by atoms with Crippen molar-refractivity contribution in [3.8, 4) is 0 Å². The Kier molecular flexibility index (Phi) is 3.46. The molecule has 0 aliphatic carbocycles. The first-order valence-electron chi connectivity index (χ1n) is 7.01. The summed E-state index contributed by atoms with van der Waals surface area (Å²) in [5.41, 5.74) is 8.15. The zero-order valence-electron chi connectivity index (χ0n) is 11.6. The highest BCUT2D eigenvalue weighted by Gasteiger charge is 2.22. The van der Waals surface area contributed by atoms with Gasteiger partial charge in [0.25, 0.3) is 0 Å². The minimum absolute atomic E-state index is 0.659. The van der Waals surface area contributed by atoms with Gasteiger partial charge in [0.1, 0.15) is 0 Å². The molecular weight excluding hydrogens is 254 g/mol. The smallest absolute Gasteiger partial charge is 0.181 e. The summed E-state index contributed by atoms with van der Waals surface area (Å²) in [4.78, 5) is 6.91. The monoisotopic (exact) mass is 275 g/mol. The second-order valence-electron chi connectivity index (χ2n) is 5.82.